The molecule has 0 saturated carbocycles. The average Bonchev–Trinajstić information content (AvgIpc) is 2.71. The molecule has 0 aliphatic carbocycles. The Morgan fingerprint density at radius 1 is 1.12 bits per heavy atom. The largest absolute Gasteiger partial charge is 0.399 e. The van der Waals surface area contributed by atoms with E-state index in [1.54, 1.807) is 0 Å². The summed E-state index contributed by atoms with van der Waals surface area (Å²) in [5.41, 5.74) is 9.03. The molecule has 0 amide bonds. The lowest BCUT2D eigenvalue weighted by atomic mass is 10.1. The maximum Gasteiger partial charge on any atom is 0.167 e. The van der Waals surface area contributed by atoms with E-state index in [0.29, 0.717) is 5.69 Å². The SMILES string of the molecule is Nc1cccc(-c2noc3ccc(Br)cc23)c1. The number of anilines is 1. The second-order valence-electron chi connectivity index (χ2n) is 3.80. The summed E-state index contributed by atoms with van der Waals surface area (Å²) in [7, 11) is 0. The Morgan fingerprint density at radius 3 is 2.82 bits per heavy atom. The van der Waals surface area contributed by atoms with Gasteiger partial charge in [0.25, 0.3) is 0 Å². The molecule has 0 aliphatic heterocycles. The Hall–Kier alpha value is -1.81. The predicted octanol–water partition coefficient (Wildman–Crippen LogP) is 3.84. The maximum atomic E-state index is 5.77. The molecule has 3 nitrogen and oxygen atoms in total. The number of hydrogen-bond donors (Lipinski definition) is 1. The van der Waals surface area contributed by atoms with Crippen LogP contribution in [0.4, 0.5) is 5.69 Å². The number of rotatable bonds is 1. The molecule has 3 rings (SSSR count). The molecule has 0 saturated heterocycles. The molecule has 0 unspecified atom stereocenters. The zero-order valence-corrected chi connectivity index (χ0v) is 10.4. The predicted molar refractivity (Wildman–Crippen MR) is 71.6 cm³/mol. The van der Waals surface area contributed by atoms with Gasteiger partial charge in [0.15, 0.2) is 5.58 Å². The van der Waals surface area contributed by atoms with Gasteiger partial charge in [-0.2, -0.15) is 0 Å². The lowest BCUT2D eigenvalue weighted by Crippen LogP contribution is -1.85. The van der Waals surface area contributed by atoms with Crippen molar-refractivity contribution in [3.05, 3.63) is 46.9 Å². The van der Waals surface area contributed by atoms with E-state index in [9.17, 15) is 0 Å². The first-order valence-corrected chi connectivity index (χ1v) is 5.94. The maximum absolute atomic E-state index is 5.77. The highest BCUT2D eigenvalue weighted by atomic mass is 79.9. The highest BCUT2D eigenvalue weighted by Crippen LogP contribution is 2.30. The molecule has 0 spiro atoms. The average molecular weight is 289 g/mol. The number of hydrogen-bond acceptors (Lipinski definition) is 3. The molecule has 0 atom stereocenters. The number of nitrogens with two attached hydrogens (primary N) is 1. The van der Waals surface area contributed by atoms with E-state index in [-0.39, 0.29) is 0 Å². The molecule has 2 aromatic carbocycles. The molecule has 1 heterocycles. The van der Waals surface area contributed by atoms with Gasteiger partial charge in [-0.05, 0) is 30.3 Å². The third-order valence-corrected chi connectivity index (χ3v) is 3.09. The first kappa shape index (κ1) is 10.4. The van der Waals surface area contributed by atoms with Crippen LogP contribution in [0.2, 0.25) is 0 Å². The Labute approximate surface area is 106 Å². The molecule has 1 aromatic heterocycles. The summed E-state index contributed by atoms with van der Waals surface area (Å²) in [4.78, 5) is 0. The fourth-order valence-electron chi connectivity index (χ4n) is 1.81. The van der Waals surface area contributed by atoms with Crippen molar-refractivity contribution < 1.29 is 4.52 Å². The number of fused-ring (bicyclic) bond motifs is 1. The summed E-state index contributed by atoms with van der Waals surface area (Å²) < 4.78 is 6.29. The van der Waals surface area contributed by atoms with Gasteiger partial charge in [-0.3, -0.25) is 0 Å². The normalized spacial score (nSPS) is 10.9. The molecule has 0 bridgehead atoms. The van der Waals surface area contributed by atoms with Crippen molar-refractivity contribution in [2.75, 3.05) is 5.73 Å². The van der Waals surface area contributed by atoms with Crippen LogP contribution in [0.15, 0.2) is 51.5 Å². The minimum absolute atomic E-state index is 0.716. The molecule has 2 N–H and O–H groups in total. The summed E-state index contributed by atoms with van der Waals surface area (Å²) in [6.45, 7) is 0. The summed E-state index contributed by atoms with van der Waals surface area (Å²) >= 11 is 3.44. The Balaban J connectivity index is 2.27. The van der Waals surface area contributed by atoms with Crippen molar-refractivity contribution >= 4 is 32.6 Å². The van der Waals surface area contributed by atoms with Gasteiger partial charge in [0.2, 0.25) is 0 Å². The van der Waals surface area contributed by atoms with Gasteiger partial charge in [0.1, 0.15) is 5.69 Å². The standard InChI is InChI=1S/C13H9BrN2O/c14-9-4-5-12-11(7-9)13(16-17-12)8-2-1-3-10(15)6-8/h1-7H,15H2. The third-order valence-electron chi connectivity index (χ3n) is 2.59. The van der Waals surface area contributed by atoms with E-state index in [1.807, 2.05) is 42.5 Å². The topological polar surface area (TPSA) is 52.0 Å². The highest BCUT2D eigenvalue weighted by molar-refractivity contribution is 9.10. The van der Waals surface area contributed by atoms with Crippen LogP contribution in [-0.2, 0) is 0 Å². The van der Waals surface area contributed by atoms with E-state index in [2.05, 4.69) is 21.1 Å². The number of nitrogen functional groups attached to an aromatic ring is 1. The van der Waals surface area contributed by atoms with Crippen molar-refractivity contribution in [1.29, 1.82) is 0 Å². The quantitative estimate of drug-likeness (QED) is 0.692. The Bertz CT molecular complexity index is 691. The number of nitrogens with zero attached hydrogens (tertiary/aromatic N) is 1. The van der Waals surface area contributed by atoms with Crippen LogP contribution in [0.5, 0.6) is 0 Å². The first-order chi connectivity index (χ1) is 8.24. The lowest BCUT2D eigenvalue weighted by Gasteiger charge is -1.98. The fourth-order valence-corrected chi connectivity index (χ4v) is 2.17. The number of aromatic nitrogens is 1. The van der Waals surface area contributed by atoms with Crippen molar-refractivity contribution in [3.63, 3.8) is 0 Å². The number of halogens is 1. The van der Waals surface area contributed by atoms with Gasteiger partial charge in [-0.1, -0.05) is 33.2 Å². The molecule has 84 valence electrons. The van der Waals surface area contributed by atoms with E-state index in [4.69, 9.17) is 10.3 Å². The van der Waals surface area contributed by atoms with E-state index in [1.165, 1.54) is 0 Å². The zero-order chi connectivity index (χ0) is 11.8. The van der Waals surface area contributed by atoms with E-state index < -0.39 is 0 Å². The first-order valence-electron chi connectivity index (χ1n) is 5.15. The van der Waals surface area contributed by atoms with Gasteiger partial charge < -0.3 is 10.3 Å². The van der Waals surface area contributed by atoms with Crippen LogP contribution >= 0.6 is 15.9 Å². The van der Waals surface area contributed by atoms with Crippen LogP contribution < -0.4 is 5.73 Å². The van der Waals surface area contributed by atoms with E-state index >= 15 is 0 Å². The molecular formula is C13H9BrN2O. The second-order valence-corrected chi connectivity index (χ2v) is 4.71. The molecule has 0 aliphatic rings. The van der Waals surface area contributed by atoms with Crippen LogP contribution in [0.25, 0.3) is 22.2 Å². The Kier molecular flexibility index (Phi) is 2.37. The molecule has 3 aromatic rings. The third kappa shape index (κ3) is 1.80. The van der Waals surface area contributed by atoms with Gasteiger partial charge in [0.05, 0.1) is 5.39 Å². The minimum Gasteiger partial charge on any atom is -0.399 e. The van der Waals surface area contributed by atoms with Gasteiger partial charge in [0, 0.05) is 15.7 Å². The van der Waals surface area contributed by atoms with Crippen molar-refractivity contribution in [2.45, 2.75) is 0 Å². The van der Waals surface area contributed by atoms with Gasteiger partial charge in [-0.25, -0.2) is 0 Å². The second kappa shape index (κ2) is 3.89. The van der Waals surface area contributed by atoms with Crippen molar-refractivity contribution in [1.82, 2.24) is 5.16 Å². The molecule has 17 heavy (non-hydrogen) atoms. The van der Waals surface area contributed by atoms with Crippen LogP contribution in [0.3, 0.4) is 0 Å². The smallest absolute Gasteiger partial charge is 0.167 e. The molecule has 0 fully saturated rings. The summed E-state index contributed by atoms with van der Waals surface area (Å²) in [6, 6.07) is 13.4. The number of benzene rings is 2. The van der Waals surface area contributed by atoms with Crippen LogP contribution in [0.1, 0.15) is 0 Å². The monoisotopic (exact) mass is 288 g/mol. The van der Waals surface area contributed by atoms with Crippen molar-refractivity contribution in [3.8, 4) is 11.3 Å². The highest BCUT2D eigenvalue weighted by Gasteiger charge is 2.10. The molecule has 0 radical (unpaired) electrons. The van der Waals surface area contributed by atoms with Gasteiger partial charge in [-0.15, -0.1) is 0 Å². The minimum atomic E-state index is 0.716. The summed E-state index contributed by atoms with van der Waals surface area (Å²) in [6.07, 6.45) is 0. The molecule has 4 heteroatoms. The van der Waals surface area contributed by atoms with Crippen LogP contribution in [0, 0.1) is 0 Å². The van der Waals surface area contributed by atoms with Crippen LogP contribution in [-0.4, -0.2) is 5.16 Å². The summed E-state index contributed by atoms with van der Waals surface area (Å²) in [5, 5.41) is 5.07. The Morgan fingerprint density at radius 2 is 2.00 bits per heavy atom. The fraction of sp³-hybridized carbons (Fsp3) is 0. The van der Waals surface area contributed by atoms with E-state index in [0.717, 1.165) is 26.7 Å². The lowest BCUT2D eigenvalue weighted by molar-refractivity contribution is 0.459. The molecular weight excluding hydrogens is 280 g/mol. The van der Waals surface area contributed by atoms with Gasteiger partial charge >= 0.3 is 0 Å². The zero-order valence-electron chi connectivity index (χ0n) is 8.85. The van der Waals surface area contributed by atoms with Crippen molar-refractivity contribution in [2.24, 2.45) is 0 Å². The summed E-state index contributed by atoms with van der Waals surface area (Å²) in [5.74, 6) is 0.